The van der Waals surface area contributed by atoms with Gasteiger partial charge in [0.25, 0.3) is 5.69 Å². The maximum atomic E-state index is 12.1. The zero-order chi connectivity index (χ0) is 26.1. The van der Waals surface area contributed by atoms with Crippen LogP contribution in [0.5, 0.6) is 11.5 Å². The van der Waals surface area contributed by atoms with Crippen LogP contribution in [-0.4, -0.2) is 32.9 Å². The number of ether oxygens (including phenoxy) is 1. The van der Waals surface area contributed by atoms with Gasteiger partial charge in [-0.1, -0.05) is 66.7 Å². The molecule has 4 aromatic carbocycles. The molecule has 0 amide bonds. The molecule has 9 heteroatoms. The van der Waals surface area contributed by atoms with Gasteiger partial charge in [0.2, 0.25) is 0 Å². The Kier molecular flexibility index (Phi) is 8.23. The summed E-state index contributed by atoms with van der Waals surface area (Å²) in [5, 5.41) is 28.6. The summed E-state index contributed by atoms with van der Waals surface area (Å²) in [5.74, 6) is -2.15. The van der Waals surface area contributed by atoms with Gasteiger partial charge in [-0.25, -0.2) is 9.59 Å². The lowest BCUT2D eigenvalue weighted by Crippen LogP contribution is -2.09. The van der Waals surface area contributed by atoms with Crippen molar-refractivity contribution in [2.75, 3.05) is 0 Å². The number of carboxylic acid groups (broad SMARTS) is 2. The van der Waals surface area contributed by atoms with Gasteiger partial charge >= 0.3 is 11.9 Å². The number of para-hydroxylation sites is 1. The molecule has 0 atom stereocenters. The van der Waals surface area contributed by atoms with E-state index in [1.54, 1.807) is 54.6 Å². The van der Waals surface area contributed by atoms with Crippen molar-refractivity contribution in [2.45, 2.75) is 0 Å². The van der Waals surface area contributed by atoms with E-state index in [2.05, 4.69) is 0 Å². The maximum absolute atomic E-state index is 12.1. The molecule has 4 rings (SSSR count). The third-order valence-electron chi connectivity index (χ3n) is 4.81. The molecular formula is C27H19NO8. The van der Waals surface area contributed by atoms with E-state index in [9.17, 15) is 24.5 Å². The zero-order valence-corrected chi connectivity index (χ0v) is 18.6. The van der Waals surface area contributed by atoms with Crippen LogP contribution in [0.15, 0.2) is 103 Å². The fourth-order valence-corrected chi connectivity index (χ4v) is 3.13. The highest BCUT2D eigenvalue weighted by molar-refractivity contribution is 6.14. The summed E-state index contributed by atoms with van der Waals surface area (Å²) in [6, 6.07) is 26.5. The molecule has 0 fully saturated rings. The molecule has 0 heterocycles. The number of benzene rings is 4. The molecule has 0 saturated heterocycles. The number of carbonyl (C=O) groups excluding carboxylic acids is 1. The number of nitro groups is 1. The van der Waals surface area contributed by atoms with Crippen LogP contribution in [0, 0.1) is 10.1 Å². The molecule has 0 aromatic heterocycles. The lowest BCUT2D eigenvalue weighted by atomic mass is 9.98. The molecule has 180 valence electrons. The van der Waals surface area contributed by atoms with Gasteiger partial charge in [0.1, 0.15) is 17.1 Å². The van der Waals surface area contributed by atoms with Crippen LogP contribution >= 0.6 is 0 Å². The van der Waals surface area contributed by atoms with E-state index in [1.807, 2.05) is 0 Å². The number of non-ortho nitro benzene ring substituents is 1. The summed E-state index contributed by atoms with van der Waals surface area (Å²) < 4.78 is 5.38. The van der Waals surface area contributed by atoms with E-state index in [1.165, 1.54) is 48.5 Å². The van der Waals surface area contributed by atoms with Crippen LogP contribution in [0.4, 0.5) is 5.69 Å². The van der Waals surface area contributed by atoms with E-state index in [-0.39, 0.29) is 39.7 Å². The molecule has 0 radical (unpaired) electrons. The Morgan fingerprint density at radius 1 is 0.667 bits per heavy atom. The van der Waals surface area contributed by atoms with Gasteiger partial charge < -0.3 is 14.9 Å². The number of rotatable bonds is 7. The molecule has 0 bridgehead atoms. The van der Waals surface area contributed by atoms with Crippen LogP contribution < -0.4 is 4.74 Å². The number of carbonyl (C=O) groups is 3. The van der Waals surface area contributed by atoms with Crippen molar-refractivity contribution in [3.8, 4) is 11.5 Å². The molecule has 0 aliphatic heterocycles. The third-order valence-corrected chi connectivity index (χ3v) is 4.81. The standard InChI is InChI=1S/C14H10O3.C13H9NO5/c15-13(10-6-2-1-3-7-10)11-8-4-5-9-12(11)14(16)17;15-13(16)11-6-1-2-7-12(11)19-10-5-3-4-9(8-10)14(17)18/h1-9H,(H,16,17);1-8H,(H,15,16). The lowest BCUT2D eigenvalue weighted by molar-refractivity contribution is -0.384. The zero-order valence-electron chi connectivity index (χ0n) is 18.6. The molecule has 9 nitrogen and oxygen atoms in total. The van der Waals surface area contributed by atoms with Crippen LogP contribution in [0.1, 0.15) is 36.6 Å². The molecule has 0 spiro atoms. The Hall–Kier alpha value is -5.31. The highest BCUT2D eigenvalue weighted by atomic mass is 16.6. The van der Waals surface area contributed by atoms with Crippen LogP contribution in [-0.2, 0) is 0 Å². The molecule has 2 N–H and O–H groups in total. The lowest BCUT2D eigenvalue weighted by Gasteiger charge is -2.08. The van der Waals surface area contributed by atoms with Crippen molar-refractivity contribution < 1.29 is 34.3 Å². The summed E-state index contributed by atoms with van der Waals surface area (Å²) >= 11 is 0. The predicted octanol–water partition coefficient (Wildman–Crippen LogP) is 5.70. The van der Waals surface area contributed by atoms with Crippen molar-refractivity contribution in [3.63, 3.8) is 0 Å². The third kappa shape index (κ3) is 6.39. The number of aromatic carboxylic acids is 2. The second-order valence-electron chi connectivity index (χ2n) is 7.20. The molecule has 0 saturated carbocycles. The maximum Gasteiger partial charge on any atom is 0.339 e. The predicted molar refractivity (Wildman–Crippen MR) is 130 cm³/mol. The Morgan fingerprint density at radius 3 is 1.83 bits per heavy atom. The number of hydrogen-bond donors (Lipinski definition) is 2. The van der Waals surface area contributed by atoms with Gasteiger partial charge in [0.05, 0.1) is 16.6 Å². The van der Waals surface area contributed by atoms with E-state index >= 15 is 0 Å². The Balaban J connectivity index is 0.000000202. The summed E-state index contributed by atoms with van der Waals surface area (Å²) in [5.41, 5.74) is 0.605. The molecule has 36 heavy (non-hydrogen) atoms. The van der Waals surface area contributed by atoms with Crippen LogP contribution in [0.2, 0.25) is 0 Å². The first kappa shape index (κ1) is 25.3. The molecular weight excluding hydrogens is 466 g/mol. The minimum atomic E-state index is -1.12. The Morgan fingerprint density at radius 2 is 1.22 bits per heavy atom. The minimum absolute atomic E-state index is 0.00555. The topological polar surface area (TPSA) is 144 Å². The number of nitro benzene ring substituents is 1. The molecule has 0 aliphatic rings. The first-order valence-corrected chi connectivity index (χ1v) is 10.4. The molecule has 0 aliphatic carbocycles. The van der Waals surface area contributed by atoms with Gasteiger partial charge in [-0.05, 0) is 24.3 Å². The first-order chi connectivity index (χ1) is 17.3. The van der Waals surface area contributed by atoms with E-state index in [0.717, 1.165) is 0 Å². The summed E-state index contributed by atoms with van der Waals surface area (Å²) in [4.78, 5) is 44.2. The van der Waals surface area contributed by atoms with E-state index in [0.29, 0.717) is 5.56 Å². The van der Waals surface area contributed by atoms with Crippen molar-refractivity contribution in [2.24, 2.45) is 0 Å². The SMILES string of the molecule is O=C(O)c1ccccc1C(=O)c1ccccc1.O=C(O)c1ccccc1Oc1cccc([N+](=O)[O-])c1. The van der Waals surface area contributed by atoms with Crippen molar-refractivity contribution >= 4 is 23.4 Å². The smallest absolute Gasteiger partial charge is 0.339 e. The summed E-state index contributed by atoms with van der Waals surface area (Å²) in [6.45, 7) is 0. The van der Waals surface area contributed by atoms with Crippen LogP contribution in [0.25, 0.3) is 0 Å². The Labute approximate surface area is 205 Å². The number of nitrogens with zero attached hydrogens (tertiary/aromatic N) is 1. The quantitative estimate of drug-likeness (QED) is 0.193. The average Bonchev–Trinajstić information content (AvgIpc) is 2.89. The molecule has 4 aromatic rings. The van der Waals surface area contributed by atoms with Gasteiger partial charge in [-0.3, -0.25) is 14.9 Å². The Bertz CT molecular complexity index is 1420. The minimum Gasteiger partial charge on any atom is -0.478 e. The largest absolute Gasteiger partial charge is 0.478 e. The molecule has 0 unspecified atom stereocenters. The van der Waals surface area contributed by atoms with Crippen molar-refractivity contribution in [1.29, 1.82) is 0 Å². The van der Waals surface area contributed by atoms with Gasteiger partial charge in [-0.15, -0.1) is 0 Å². The van der Waals surface area contributed by atoms with Gasteiger partial charge in [-0.2, -0.15) is 0 Å². The van der Waals surface area contributed by atoms with Crippen LogP contribution in [0.3, 0.4) is 0 Å². The monoisotopic (exact) mass is 485 g/mol. The van der Waals surface area contributed by atoms with E-state index < -0.39 is 16.9 Å². The summed E-state index contributed by atoms with van der Waals surface area (Å²) in [6.07, 6.45) is 0. The fraction of sp³-hybridized carbons (Fsp3) is 0. The highest BCUT2D eigenvalue weighted by Gasteiger charge is 2.16. The first-order valence-electron chi connectivity index (χ1n) is 10.4. The normalized spacial score (nSPS) is 9.89. The number of carboxylic acids is 2. The van der Waals surface area contributed by atoms with Crippen molar-refractivity contribution in [3.05, 3.63) is 135 Å². The van der Waals surface area contributed by atoms with Gasteiger partial charge in [0.15, 0.2) is 5.78 Å². The highest BCUT2D eigenvalue weighted by Crippen LogP contribution is 2.27. The second kappa shape index (κ2) is 11.7. The van der Waals surface area contributed by atoms with E-state index in [4.69, 9.17) is 14.9 Å². The van der Waals surface area contributed by atoms with Gasteiger partial charge in [0, 0.05) is 17.2 Å². The number of ketones is 1. The fourth-order valence-electron chi connectivity index (χ4n) is 3.13. The average molecular weight is 485 g/mol. The second-order valence-corrected chi connectivity index (χ2v) is 7.20. The number of hydrogen-bond acceptors (Lipinski definition) is 6. The summed E-state index contributed by atoms with van der Waals surface area (Å²) in [7, 11) is 0. The van der Waals surface area contributed by atoms with Crippen molar-refractivity contribution in [1.82, 2.24) is 0 Å².